The standard InChI is InChI=1S/C9H12N2O2S2/c1-2-4-8(10)7-11-15(12,13)9-5-3-6-14-9/h3,5-6,8,11H,7,10H2,1H3. The van der Waals surface area contributed by atoms with E-state index in [0.717, 1.165) is 0 Å². The summed E-state index contributed by atoms with van der Waals surface area (Å²) in [6.07, 6.45) is 0. The highest BCUT2D eigenvalue weighted by molar-refractivity contribution is 7.91. The lowest BCUT2D eigenvalue weighted by Crippen LogP contribution is -2.35. The van der Waals surface area contributed by atoms with Gasteiger partial charge in [-0.3, -0.25) is 0 Å². The summed E-state index contributed by atoms with van der Waals surface area (Å²) in [5.74, 6) is 5.30. The molecule has 0 aromatic carbocycles. The minimum absolute atomic E-state index is 0.126. The van der Waals surface area contributed by atoms with Gasteiger partial charge in [-0.15, -0.1) is 17.3 Å². The molecule has 1 aromatic rings. The number of nitrogens with two attached hydrogens (primary N) is 1. The fraction of sp³-hybridized carbons (Fsp3) is 0.333. The van der Waals surface area contributed by atoms with Crippen LogP contribution in [0.25, 0.3) is 0 Å². The molecule has 15 heavy (non-hydrogen) atoms. The van der Waals surface area contributed by atoms with Crippen molar-refractivity contribution in [3.63, 3.8) is 0 Å². The Morgan fingerprint density at radius 3 is 2.93 bits per heavy atom. The lowest BCUT2D eigenvalue weighted by atomic mass is 10.3. The normalized spacial score (nSPS) is 12.9. The number of nitrogens with one attached hydrogen (secondary N) is 1. The molecule has 3 N–H and O–H groups in total. The summed E-state index contributed by atoms with van der Waals surface area (Å²) in [5, 5.41) is 1.71. The third-order valence-electron chi connectivity index (χ3n) is 1.58. The molecule has 82 valence electrons. The molecule has 0 aliphatic carbocycles. The number of hydrogen-bond donors (Lipinski definition) is 2. The summed E-state index contributed by atoms with van der Waals surface area (Å²) >= 11 is 1.17. The van der Waals surface area contributed by atoms with E-state index in [1.807, 2.05) is 0 Å². The smallest absolute Gasteiger partial charge is 0.250 e. The molecule has 0 spiro atoms. The molecule has 1 heterocycles. The summed E-state index contributed by atoms with van der Waals surface area (Å²) in [7, 11) is -3.41. The molecule has 1 rings (SSSR count). The minimum atomic E-state index is -3.41. The van der Waals surface area contributed by atoms with Crippen molar-refractivity contribution in [2.45, 2.75) is 17.2 Å². The number of hydrogen-bond acceptors (Lipinski definition) is 4. The summed E-state index contributed by atoms with van der Waals surface area (Å²) in [5.41, 5.74) is 5.55. The molecule has 1 aromatic heterocycles. The summed E-state index contributed by atoms with van der Waals surface area (Å²) < 4.78 is 25.9. The first-order valence-electron chi connectivity index (χ1n) is 4.27. The third kappa shape index (κ3) is 3.64. The second-order valence-electron chi connectivity index (χ2n) is 2.78. The van der Waals surface area contributed by atoms with Gasteiger partial charge in [0.15, 0.2) is 0 Å². The fourth-order valence-electron chi connectivity index (χ4n) is 0.923. The van der Waals surface area contributed by atoms with Crippen LogP contribution in [0.3, 0.4) is 0 Å². The second-order valence-corrected chi connectivity index (χ2v) is 5.73. The van der Waals surface area contributed by atoms with Crippen molar-refractivity contribution in [2.24, 2.45) is 5.73 Å². The topological polar surface area (TPSA) is 72.2 Å². The van der Waals surface area contributed by atoms with Gasteiger partial charge in [-0.25, -0.2) is 13.1 Å². The number of rotatable bonds is 4. The number of thiophene rings is 1. The van der Waals surface area contributed by atoms with Gasteiger partial charge in [0.2, 0.25) is 10.0 Å². The van der Waals surface area contributed by atoms with Gasteiger partial charge in [0.25, 0.3) is 0 Å². The molecular formula is C9H12N2O2S2. The lowest BCUT2D eigenvalue weighted by Gasteiger charge is -2.06. The maximum Gasteiger partial charge on any atom is 0.250 e. The quantitative estimate of drug-likeness (QED) is 0.752. The lowest BCUT2D eigenvalue weighted by molar-refractivity contribution is 0.581. The summed E-state index contributed by atoms with van der Waals surface area (Å²) in [6.45, 7) is 1.79. The molecule has 1 atom stereocenters. The van der Waals surface area contributed by atoms with Gasteiger partial charge in [-0.2, -0.15) is 0 Å². The van der Waals surface area contributed by atoms with Crippen LogP contribution >= 0.6 is 11.3 Å². The zero-order chi connectivity index (χ0) is 11.3. The summed E-state index contributed by atoms with van der Waals surface area (Å²) in [4.78, 5) is 0. The van der Waals surface area contributed by atoms with Gasteiger partial charge in [0.1, 0.15) is 4.21 Å². The first kappa shape index (κ1) is 12.2. The maximum absolute atomic E-state index is 11.6. The molecule has 0 radical (unpaired) electrons. The van der Waals surface area contributed by atoms with Crippen LogP contribution < -0.4 is 10.5 Å². The largest absolute Gasteiger partial charge is 0.317 e. The Morgan fingerprint density at radius 2 is 2.40 bits per heavy atom. The fourth-order valence-corrected chi connectivity index (χ4v) is 3.02. The molecule has 0 saturated heterocycles. The van der Waals surface area contributed by atoms with E-state index in [1.165, 1.54) is 11.3 Å². The van der Waals surface area contributed by atoms with Crippen LogP contribution in [-0.4, -0.2) is 21.0 Å². The maximum atomic E-state index is 11.6. The number of sulfonamides is 1. The Hall–Kier alpha value is -0.870. The Morgan fingerprint density at radius 1 is 1.67 bits per heavy atom. The van der Waals surface area contributed by atoms with Crippen molar-refractivity contribution in [1.29, 1.82) is 0 Å². The minimum Gasteiger partial charge on any atom is -0.317 e. The van der Waals surface area contributed by atoms with E-state index >= 15 is 0 Å². The molecule has 0 amide bonds. The van der Waals surface area contributed by atoms with Crippen LogP contribution in [0.5, 0.6) is 0 Å². The Kier molecular flexibility index (Phi) is 4.29. The second kappa shape index (κ2) is 5.28. The van der Waals surface area contributed by atoms with Gasteiger partial charge in [0, 0.05) is 6.54 Å². The average molecular weight is 244 g/mol. The van der Waals surface area contributed by atoms with Crippen molar-refractivity contribution in [1.82, 2.24) is 4.72 Å². The molecule has 0 aliphatic rings. The summed E-state index contributed by atoms with van der Waals surface area (Å²) in [6, 6.07) is 2.76. The van der Waals surface area contributed by atoms with Gasteiger partial charge in [0.05, 0.1) is 6.04 Å². The Labute approximate surface area is 93.5 Å². The first-order valence-corrected chi connectivity index (χ1v) is 6.63. The SMILES string of the molecule is CC#CC(N)CNS(=O)(=O)c1cccs1. The van der Waals surface area contributed by atoms with Crippen LogP contribution in [0, 0.1) is 11.8 Å². The van der Waals surface area contributed by atoms with Crippen LogP contribution in [0.2, 0.25) is 0 Å². The molecule has 1 unspecified atom stereocenters. The van der Waals surface area contributed by atoms with Gasteiger partial charge >= 0.3 is 0 Å². The molecule has 0 saturated carbocycles. The van der Waals surface area contributed by atoms with Crippen LogP contribution in [0.4, 0.5) is 0 Å². The van der Waals surface area contributed by atoms with Crippen molar-refractivity contribution in [3.05, 3.63) is 17.5 Å². The van der Waals surface area contributed by atoms with Crippen molar-refractivity contribution < 1.29 is 8.42 Å². The zero-order valence-electron chi connectivity index (χ0n) is 8.23. The van der Waals surface area contributed by atoms with E-state index in [9.17, 15) is 8.42 Å². The van der Waals surface area contributed by atoms with E-state index in [-0.39, 0.29) is 6.54 Å². The van der Waals surface area contributed by atoms with E-state index in [0.29, 0.717) is 4.21 Å². The van der Waals surface area contributed by atoms with Gasteiger partial charge in [-0.05, 0) is 18.4 Å². The van der Waals surface area contributed by atoms with Crippen molar-refractivity contribution in [3.8, 4) is 11.8 Å². The van der Waals surface area contributed by atoms with E-state index < -0.39 is 16.1 Å². The van der Waals surface area contributed by atoms with Crippen molar-refractivity contribution >= 4 is 21.4 Å². The highest BCUT2D eigenvalue weighted by atomic mass is 32.2. The molecule has 0 fully saturated rings. The predicted octanol–water partition coefficient (Wildman–Crippen LogP) is 0.377. The third-order valence-corrected chi connectivity index (χ3v) is 4.40. The predicted molar refractivity (Wildman–Crippen MR) is 60.9 cm³/mol. The van der Waals surface area contributed by atoms with E-state index in [1.54, 1.807) is 24.4 Å². The first-order chi connectivity index (χ1) is 7.06. The molecule has 6 heteroatoms. The van der Waals surface area contributed by atoms with Crippen LogP contribution in [0.1, 0.15) is 6.92 Å². The van der Waals surface area contributed by atoms with Gasteiger partial charge < -0.3 is 5.73 Å². The Bertz CT molecular complexity index is 454. The molecular weight excluding hydrogens is 232 g/mol. The highest BCUT2D eigenvalue weighted by Crippen LogP contribution is 2.14. The monoisotopic (exact) mass is 244 g/mol. The van der Waals surface area contributed by atoms with E-state index in [2.05, 4.69) is 16.6 Å². The van der Waals surface area contributed by atoms with Crippen molar-refractivity contribution in [2.75, 3.05) is 6.54 Å². The molecule has 0 aliphatic heterocycles. The molecule has 0 bridgehead atoms. The van der Waals surface area contributed by atoms with Crippen LogP contribution in [0.15, 0.2) is 21.7 Å². The highest BCUT2D eigenvalue weighted by Gasteiger charge is 2.15. The Balaban J connectivity index is 2.62. The van der Waals surface area contributed by atoms with Crippen LogP contribution in [-0.2, 0) is 10.0 Å². The van der Waals surface area contributed by atoms with Gasteiger partial charge in [-0.1, -0.05) is 12.0 Å². The zero-order valence-corrected chi connectivity index (χ0v) is 9.86. The average Bonchev–Trinajstić information content (AvgIpc) is 2.69. The molecule has 4 nitrogen and oxygen atoms in total. The van der Waals surface area contributed by atoms with E-state index in [4.69, 9.17) is 5.73 Å².